The zero-order chi connectivity index (χ0) is 9.68. The van der Waals surface area contributed by atoms with Gasteiger partial charge < -0.3 is 10.4 Å². The monoisotopic (exact) mass is 187 g/mol. The minimum atomic E-state index is -1.08. The van der Waals surface area contributed by atoms with Gasteiger partial charge in [-0.3, -0.25) is 0 Å². The smallest absolute Gasteiger partial charge is 0.146 e. The van der Waals surface area contributed by atoms with Crippen molar-refractivity contribution in [1.82, 2.24) is 0 Å². The molecule has 4 heteroatoms. The van der Waals surface area contributed by atoms with Crippen LogP contribution in [-0.2, 0) is 0 Å². The quantitative estimate of drug-likeness (QED) is 0.749. The Morgan fingerprint density at radius 1 is 1.38 bits per heavy atom. The van der Waals surface area contributed by atoms with Gasteiger partial charge in [0.15, 0.2) is 0 Å². The number of hydrogen-bond acceptors (Lipinski definition) is 2. The second-order valence-corrected chi connectivity index (χ2v) is 2.67. The summed E-state index contributed by atoms with van der Waals surface area (Å²) < 4.78 is 24.7. The molecule has 13 heavy (non-hydrogen) atoms. The average Bonchev–Trinajstić information content (AvgIpc) is 2.16. The van der Waals surface area contributed by atoms with Gasteiger partial charge in [-0.1, -0.05) is 12.1 Å². The van der Waals surface area contributed by atoms with Crippen LogP contribution in [0.5, 0.6) is 0 Å². The highest BCUT2D eigenvalue weighted by atomic mass is 19.1. The minimum Gasteiger partial charge on any atom is -0.389 e. The van der Waals surface area contributed by atoms with Gasteiger partial charge in [0.2, 0.25) is 0 Å². The molecule has 1 unspecified atom stereocenters. The first kappa shape index (κ1) is 9.92. The van der Waals surface area contributed by atoms with Crippen LogP contribution in [0.1, 0.15) is 0 Å². The van der Waals surface area contributed by atoms with Crippen LogP contribution in [-0.4, -0.2) is 24.4 Å². The molecule has 0 aliphatic heterocycles. The fraction of sp³-hybridized carbons (Fsp3) is 0.333. The Balaban J connectivity index is 2.50. The molecule has 0 aliphatic rings. The van der Waals surface area contributed by atoms with E-state index in [0.29, 0.717) is 0 Å². The summed E-state index contributed by atoms with van der Waals surface area (Å²) >= 11 is 0. The van der Waals surface area contributed by atoms with E-state index in [2.05, 4.69) is 5.32 Å². The summed E-state index contributed by atoms with van der Waals surface area (Å²) in [5.41, 5.74) is 0.273. The number of rotatable bonds is 4. The van der Waals surface area contributed by atoms with Crippen LogP contribution in [0.15, 0.2) is 24.3 Å². The van der Waals surface area contributed by atoms with E-state index in [4.69, 9.17) is 5.11 Å². The largest absolute Gasteiger partial charge is 0.389 e. The third-order valence-electron chi connectivity index (χ3n) is 1.58. The third-order valence-corrected chi connectivity index (χ3v) is 1.58. The third kappa shape index (κ3) is 2.99. The molecule has 2 nitrogen and oxygen atoms in total. The van der Waals surface area contributed by atoms with Gasteiger partial charge in [-0.25, -0.2) is 8.78 Å². The Bertz CT molecular complexity index is 268. The molecule has 0 aromatic heterocycles. The number of halogens is 2. The van der Waals surface area contributed by atoms with Crippen molar-refractivity contribution >= 4 is 5.69 Å². The van der Waals surface area contributed by atoms with Gasteiger partial charge in [0.25, 0.3) is 0 Å². The molecular weight excluding hydrogens is 176 g/mol. The molecule has 0 saturated carbocycles. The summed E-state index contributed by atoms with van der Waals surface area (Å²) in [5.74, 6) is -0.409. The molecule has 0 fully saturated rings. The topological polar surface area (TPSA) is 32.3 Å². The Kier molecular flexibility index (Phi) is 3.64. The van der Waals surface area contributed by atoms with E-state index in [9.17, 15) is 8.78 Å². The summed E-state index contributed by atoms with van der Waals surface area (Å²) in [5, 5.41) is 11.4. The van der Waals surface area contributed by atoms with Crippen LogP contribution in [0.3, 0.4) is 0 Å². The van der Waals surface area contributed by atoms with Gasteiger partial charge in [-0.05, 0) is 12.1 Å². The fourth-order valence-electron chi connectivity index (χ4n) is 0.887. The van der Waals surface area contributed by atoms with Crippen LogP contribution in [0.25, 0.3) is 0 Å². The predicted octanol–water partition coefficient (Wildman–Crippen LogP) is 1.57. The molecular formula is C9H11F2NO. The molecule has 1 rings (SSSR count). The summed E-state index contributed by atoms with van der Waals surface area (Å²) in [6.07, 6.45) is -1.08. The summed E-state index contributed by atoms with van der Waals surface area (Å²) in [7, 11) is 0. The number of alkyl halides is 1. The normalized spacial score (nSPS) is 12.5. The highest BCUT2D eigenvalue weighted by Crippen LogP contribution is 2.11. The van der Waals surface area contributed by atoms with Crippen molar-refractivity contribution in [3.8, 4) is 0 Å². The fourth-order valence-corrected chi connectivity index (χ4v) is 0.887. The first-order chi connectivity index (χ1) is 6.24. The molecule has 0 bridgehead atoms. The van der Waals surface area contributed by atoms with E-state index >= 15 is 0 Å². The lowest BCUT2D eigenvalue weighted by molar-refractivity contribution is 0.151. The van der Waals surface area contributed by atoms with Gasteiger partial charge in [0.1, 0.15) is 12.5 Å². The number of nitrogens with one attached hydrogen (secondary N) is 1. The van der Waals surface area contributed by atoms with Gasteiger partial charge in [-0.2, -0.15) is 0 Å². The van der Waals surface area contributed by atoms with Crippen LogP contribution in [0.4, 0.5) is 14.5 Å². The summed E-state index contributed by atoms with van der Waals surface area (Å²) in [6, 6.07) is 6.05. The first-order valence-electron chi connectivity index (χ1n) is 3.96. The lowest BCUT2D eigenvalue weighted by Gasteiger charge is -2.09. The molecule has 0 spiro atoms. The van der Waals surface area contributed by atoms with Crippen molar-refractivity contribution in [2.24, 2.45) is 0 Å². The maximum atomic E-state index is 12.9. The number of aliphatic hydroxyl groups is 1. The van der Waals surface area contributed by atoms with Crippen molar-refractivity contribution in [1.29, 1.82) is 0 Å². The summed E-state index contributed by atoms with van der Waals surface area (Å²) in [4.78, 5) is 0. The van der Waals surface area contributed by atoms with Gasteiger partial charge in [0.05, 0.1) is 11.8 Å². The zero-order valence-corrected chi connectivity index (χ0v) is 7.00. The molecule has 0 amide bonds. The van der Waals surface area contributed by atoms with E-state index in [-0.39, 0.29) is 12.2 Å². The maximum absolute atomic E-state index is 12.9. The van der Waals surface area contributed by atoms with E-state index in [0.717, 1.165) is 0 Å². The van der Waals surface area contributed by atoms with Gasteiger partial charge in [-0.15, -0.1) is 0 Å². The first-order valence-corrected chi connectivity index (χ1v) is 3.96. The van der Waals surface area contributed by atoms with Gasteiger partial charge in [0, 0.05) is 6.54 Å². The molecule has 0 aliphatic carbocycles. The molecule has 2 N–H and O–H groups in total. The van der Waals surface area contributed by atoms with E-state index in [1.54, 1.807) is 12.1 Å². The molecule has 1 aromatic carbocycles. The van der Waals surface area contributed by atoms with Crippen molar-refractivity contribution in [3.63, 3.8) is 0 Å². The van der Waals surface area contributed by atoms with Crippen LogP contribution in [0, 0.1) is 5.82 Å². The molecule has 1 atom stereocenters. The molecule has 0 heterocycles. The van der Waals surface area contributed by atoms with Crippen LogP contribution in [0.2, 0.25) is 0 Å². The highest BCUT2D eigenvalue weighted by Gasteiger charge is 2.04. The number of anilines is 1. The Morgan fingerprint density at radius 3 is 2.69 bits per heavy atom. The van der Waals surface area contributed by atoms with Crippen LogP contribution >= 0.6 is 0 Å². The number of para-hydroxylation sites is 1. The lowest BCUT2D eigenvalue weighted by Crippen LogP contribution is -2.21. The summed E-state index contributed by atoms with van der Waals surface area (Å²) in [6.45, 7) is -0.821. The Hall–Kier alpha value is -1.16. The maximum Gasteiger partial charge on any atom is 0.146 e. The lowest BCUT2D eigenvalue weighted by atomic mass is 10.3. The number of hydrogen-bond donors (Lipinski definition) is 2. The standard InChI is InChI=1S/C9H11F2NO/c10-5-7(13)6-12-9-4-2-1-3-8(9)11/h1-4,7,12-13H,5-6H2. The SMILES string of the molecule is OC(CF)CNc1ccccc1F. The molecule has 0 radical (unpaired) electrons. The van der Waals surface area contributed by atoms with Crippen molar-refractivity contribution < 1.29 is 13.9 Å². The molecule has 0 saturated heterocycles. The molecule has 1 aromatic rings. The average molecular weight is 187 g/mol. The highest BCUT2D eigenvalue weighted by molar-refractivity contribution is 5.44. The zero-order valence-electron chi connectivity index (χ0n) is 7.00. The number of aliphatic hydroxyl groups excluding tert-OH is 1. The number of benzene rings is 1. The molecule has 72 valence electrons. The van der Waals surface area contributed by atoms with E-state index in [1.807, 2.05) is 0 Å². The second-order valence-electron chi connectivity index (χ2n) is 2.67. The minimum absolute atomic E-state index is 0.0113. The van der Waals surface area contributed by atoms with Gasteiger partial charge >= 0.3 is 0 Å². The second kappa shape index (κ2) is 4.77. The van der Waals surface area contributed by atoms with Crippen LogP contribution < -0.4 is 5.32 Å². The Morgan fingerprint density at radius 2 is 2.08 bits per heavy atom. The van der Waals surface area contributed by atoms with Crippen molar-refractivity contribution in [2.45, 2.75) is 6.10 Å². The van der Waals surface area contributed by atoms with Crippen molar-refractivity contribution in [3.05, 3.63) is 30.1 Å². The Labute approximate surface area is 75.2 Å². The predicted molar refractivity (Wildman–Crippen MR) is 46.9 cm³/mol. The van der Waals surface area contributed by atoms with E-state index in [1.165, 1.54) is 12.1 Å². The van der Waals surface area contributed by atoms with E-state index < -0.39 is 18.6 Å². The van der Waals surface area contributed by atoms with Crippen molar-refractivity contribution in [2.75, 3.05) is 18.5 Å².